The molecule has 0 saturated carbocycles. The molecule has 0 radical (unpaired) electrons. The van der Waals surface area contributed by atoms with Crippen molar-refractivity contribution in [2.45, 2.75) is 0 Å². The average Bonchev–Trinajstić information content (AvgIpc) is 4.19. The number of hydrogen-bond acceptors (Lipinski definition) is 2. The van der Waals surface area contributed by atoms with Gasteiger partial charge in [-0.3, -0.25) is 0 Å². The van der Waals surface area contributed by atoms with Gasteiger partial charge in [0.25, 0.3) is 0 Å². The second kappa shape index (κ2) is 15.1. The number of nitrogens with zero attached hydrogens (tertiary/aromatic N) is 2. The van der Waals surface area contributed by atoms with E-state index in [1.54, 1.807) is 0 Å². The first kappa shape index (κ1) is 38.7. The largest absolute Gasteiger partial charge is 0.456 e. The smallest absolute Gasteiger partial charge is 0.145 e. The van der Waals surface area contributed by atoms with Crippen LogP contribution in [0.15, 0.2) is 251 Å². The predicted octanol–water partition coefficient (Wildman–Crippen LogP) is 18.3. The summed E-state index contributed by atoms with van der Waals surface area (Å²) in [4.78, 5) is 0. The number of fused-ring (bicyclic) bond motifs is 14. The van der Waals surface area contributed by atoms with Crippen LogP contribution in [0.2, 0.25) is 0 Å². The molecule has 4 nitrogen and oxygen atoms in total. The maximum absolute atomic E-state index is 7.74. The van der Waals surface area contributed by atoms with Crippen LogP contribution in [-0.2, 0) is 0 Å². The molecule has 4 heteroatoms. The van der Waals surface area contributed by atoms with Crippen molar-refractivity contribution in [2.24, 2.45) is 0 Å². The minimum atomic E-state index is 0.861. The van der Waals surface area contributed by atoms with Crippen LogP contribution in [-0.4, -0.2) is 9.13 Å². The first-order valence-corrected chi connectivity index (χ1v) is 23.9. The fraction of sp³-hybridized carbons (Fsp3) is 0. The minimum Gasteiger partial charge on any atom is -0.456 e. The number of aromatic nitrogens is 2. The SMILES string of the molecule is c1ccc(-c2ccc3c(c2)c2c4oc5c(cc(-c6ccccc6)c6c5c5cc(-c7ccccc7)ccc5n6-c5ccc6oc7ccccc7c6c5)c4cc(-c4ccccc4)c2n3-c2ccccc2)cc1. The van der Waals surface area contributed by atoms with E-state index in [9.17, 15) is 0 Å². The van der Waals surface area contributed by atoms with Gasteiger partial charge in [-0.2, -0.15) is 0 Å². The summed E-state index contributed by atoms with van der Waals surface area (Å²) < 4.78 is 19.0. The summed E-state index contributed by atoms with van der Waals surface area (Å²) in [6, 6.07) is 87.4. The summed E-state index contributed by atoms with van der Waals surface area (Å²) in [6.45, 7) is 0. The molecular weight excluding hydrogens is 853 g/mol. The molecule has 0 aliphatic rings. The molecule has 4 aromatic heterocycles. The Morgan fingerprint density at radius 2 is 0.700 bits per heavy atom. The zero-order valence-corrected chi connectivity index (χ0v) is 37.8. The van der Waals surface area contributed by atoms with Gasteiger partial charge >= 0.3 is 0 Å². The third kappa shape index (κ3) is 5.71. The fourth-order valence-electron chi connectivity index (χ4n) is 11.4. The minimum absolute atomic E-state index is 0.861. The lowest BCUT2D eigenvalue weighted by Gasteiger charge is -2.13. The monoisotopic (exact) mass is 892 g/mol. The molecule has 0 bridgehead atoms. The molecule has 0 amide bonds. The molecule has 0 unspecified atom stereocenters. The molecule has 70 heavy (non-hydrogen) atoms. The maximum atomic E-state index is 7.74. The van der Waals surface area contributed by atoms with Crippen LogP contribution >= 0.6 is 0 Å². The van der Waals surface area contributed by atoms with Crippen molar-refractivity contribution in [3.8, 4) is 55.9 Å². The number of furan rings is 2. The van der Waals surface area contributed by atoms with Crippen LogP contribution < -0.4 is 0 Å². The van der Waals surface area contributed by atoms with E-state index in [0.717, 1.165) is 138 Å². The first-order chi connectivity index (χ1) is 34.7. The molecule has 4 heterocycles. The summed E-state index contributed by atoms with van der Waals surface area (Å²) in [5, 5.41) is 8.73. The van der Waals surface area contributed by atoms with Crippen LogP contribution in [0.25, 0.3) is 143 Å². The van der Waals surface area contributed by atoms with Crippen LogP contribution in [0.5, 0.6) is 0 Å². The quantitative estimate of drug-likeness (QED) is 0.167. The van der Waals surface area contributed by atoms with Crippen molar-refractivity contribution >= 4 is 87.5 Å². The Hall–Kier alpha value is -9.38. The lowest BCUT2D eigenvalue weighted by atomic mass is 9.95. The van der Waals surface area contributed by atoms with E-state index in [4.69, 9.17) is 8.83 Å². The Balaban J connectivity index is 1.16. The van der Waals surface area contributed by atoms with Gasteiger partial charge in [0, 0.05) is 54.8 Å². The topological polar surface area (TPSA) is 36.1 Å². The van der Waals surface area contributed by atoms with Gasteiger partial charge in [-0.15, -0.1) is 0 Å². The number of para-hydroxylation sites is 2. The van der Waals surface area contributed by atoms with Crippen molar-refractivity contribution < 1.29 is 8.83 Å². The highest BCUT2D eigenvalue weighted by Crippen LogP contribution is 2.51. The number of rotatable bonds is 6. The van der Waals surface area contributed by atoms with Gasteiger partial charge in [-0.1, -0.05) is 170 Å². The molecule has 0 fully saturated rings. The zero-order valence-electron chi connectivity index (χ0n) is 37.8. The molecule has 0 spiro atoms. The fourth-order valence-corrected chi connectivity index (χ4v) is 11.4. The van der Waals surface area contributed by atoms with E-state index in [1.165, 1.54) is 5.56 Å². The summed E-state index contributed by atoms with van der Waals surface area (Å²) in [7, 11) is 0. The Bertz CT molecular complexity index is 4540. The summed E-state index contributed by atoms with van der Waals surface area (Å²) >= 11 is 0. The third-order valence-corrected chi connectivity index (χ3v) is 14.5. The van der Waals surface area contributed by atoms with Crippen molar-refractivity contribution in [3.05, 3.63) is 243 Å². The Morgan fingerprint density at radius 3 is 1.23 bits per heavy atom. The first-order valence-electron chi connectivity index (χ1n) is 23.9. The molecule has 0 N–H and O–H groups in total. The normalized spacial score (nSPS) is 12.0. The van der Waals surface area contributed by atoms with Gasteiger partial charge in [0.05, 0.1) is 32.8 Å². The molecule has 11 aromatic carbocycles. The molecule has 0 atom stereocenters. The van der Waals surface area contributed by atoms with Gasteiger partial charge in [-0.25, -0.2) is 0 Å². The van der Waals surface area contributed by atoms with Crippen LogP contribution in [0.3, 0.4) is 0 Å². The van der Waals surface area contributed by atoms with E-state index in [2.05, 4.69) is 240 Å². The highest BCUT2D eigenvalue weighted by Gasteiger charge is 2.28. The lowest BCUT2D eigenvalue weighted by Crippen LogP contribution is -1.96. The van der Waals surface area contributed by atoms with Gasteiger partial charge in [-0.05, 0) is 106 Å². The van der Waals surface area contributed by atoms with Gasteiger partial charge in [0.2, 0.25) is 0 Å². The molecular formula is C66H40N2O2. The molecule has 0 saturated heterocycles. The molecule has 15 aromatic rings. The van der Waals surface area contributed by atoms with Crippen molar-refractivity contribution in [3.63, 3.8) is 0 Å². The van der Waals surface area contributed by atoms with E-state index >= 15 is 0 Å². The summed E-state index contributed by atoms with van der Waals surface area (Å²) in [5.41, 5.74) is 19.2. The molecule has 0 aliphatic heterocycles. The van der Waals surface area contributed by atoms with Crippen molar-refractivity contribution in [2.75, 3.05) is 0 Å². The second-order valence-corrected chi connectivity index (χ2v) is 18.4. The third-order valence-electron chi connectivity index (χ3n) is 14.5. The summed E-state index contributed by atoms with van der Waals surface area (Å²) in [5.74, 6) is 0. The van der Waals surface area contributed by atoms with Crippen molar-refractivity contribution in [1.29, 1.82) is 0 Å². The Labute approximate surface area is 402 Å². The van der Waals surface area contributed by atoms with Gasteiger partial charge < -0.3 is 18.0 Å². The van der Waals surface area contributed by atoms with Crippen molar-refractivity contribution in [1.82, 2.24) is 9.13 Å². The number of benzene rings is 11. The predicted molar refractivity (Wildman–Crippen MR) is 291 cm³/mol. The van der Waals surface area contributed by atoms with Crippen LogP contribution in [0.4, 0.5) is 0 Å². The summed E-state index contributed by atoms with van der Waals surface area (Å²) in [6.07, 6.45) is 0. The average molecular weight is 893 g/mol. The van der Waals surface area contributed by atoms with Gasteiger partial charge in [0.1, 0.15) is 22.3 Å². The zero-order chi connectivity index (χ0) is 45.9. The Morgan fingerprint density at radius 1 is 0.257 bits per heavy atom. The second-order valence-electron chi connectivity index (χ2n) is 18.4. The number of hydrogen-bond donors (Lipinski definition) is 0. The van der Waals surface area contributed by atoms with E-state index < -0.39 is 0 Å². The highest BCUT2D eigenvalue weighted by molar-refractivity contribution is 6.33. The van der Waals surface area contributed by atoms with Gasteiger partial charge in [0.15, 0.2) is 0 Å². The Kier molecular flexibility index (Phi) is 8.33. The van der Waals surface area contributed by atoms with Crippen LogP contribution in [0.1, 0.15) is 0 Å². The lowest BCUT2D eigenvalue weighted by molar-refractivity contribution is 0.669. The standard InChI is InChI=1S/C66H40N2O2/c1-6-18-41(19-7-1)45-30-33-57-55(36-45)61-63(67(57)47-26-14-5-15-27-47)50(43-22-10-3-11-23-43)39-53-54-40-51(44-24-12-4-13-25-44)64-62(66(54)70-65(53)61)56-37-46(42-20-8-2-9-21-42)31-34-58(56)68(64)48-32-35-60-52(38-48)49-28-16-17-29-59(49)69-60/h1-40H. The maximum Gasteiger partial charge on any atom is 0.145 e. The molecule has 326 valence electrons. The van der Waals surface area contributed by atoms with E-state index in [1.807, 2.05) is 12.1 Å². The van der Waals surface area contributed by atoms with Crippen LogP contribution in [0, 0.1) is 0 Å². The molecule has 15 rings (SSSR count). The van der Waals surface area contributed by atoms with E-state index in [-0.39, 0.29) is 0 Å². The van der Waals surface area contributed by atoms with E-state index in [0.29, 0.717) is 0 Å². The highest BCUT2D eigenvalue weighted by atomic mass is 16.3. The molecule has 0 aliphatic carbocycles.